The number of carbonyl (C=O) groups excluding carboxylic acids is 4. The van der Waals surface area contributed by atoms with Crippen molar-refractivity contribution in [3.8, 4) is 0 Å². The molecule has 0 aliphatic heterocycles. The molecule has 0 amide bonds. The minimum absolute atomic E-state index is 0.00218. The predicted octanol–water partition coefficient (Wildman–Crippen LogP) is 11.9. The van der Waals surface area contributed by atoms with Gasteiger partial charge in [0, 0.05) is 55.5 Å². The van der Waals surface area contributed by atoms with Gasteiger partial charge < -0.3 is 14.6 Å². The molecule has 0 saturated heterocycles. The molecule has 1 N–H and O–H groups in total. The molecule has 0 aromatic rings. The van der Waals surface area contributed by atoms with Gasteiger partial charge in [-0.15, -0.1) is 0 Å². The highest BCUT2D eigenvalue weighted by Crippen LogP contribution is 2.34. The van der Waals surface area contributed by atoms with Crippen molar-refractivity contribution in [2.24, 2.45) is 65.1 Å². The van der Waals surface area contributed by atoms with Crippen molar-refractivity contribution < 1.29 is 47.0 Å². The van der Waals surface area contributed by atoms with Crippen molar-refractivity contribution in [2.75, 3.05) is 37.9 Å². The number of carboxylic acids is 1. The predicted molar refractivity (Wildman–Crippen MR) is 257 cm³/mol. The lowest BCUT2D eigenvalue weighted by molar-refractivity contribution is -0.138. The molecule has 1 rings (SSSR count). The average Bonchev–Trinajstić information content (AvgIpc) is 3.15. The van der Waals surface area contributed by atoms with Crippen LogP contribution in [0.1, 0.15) is 194 Å². The quantitative estimate of drug-likeness (QED) is 0.0716. The summed E-state index contributed by atoms with van der Waals surface area (Å²) in [6.45, 7) is 34.2. The summed E-state index contributed by atoms with van der Waals surface area (Å²) in [5.74, 6) is 4.03. The lowest BCUT2D eigenvalue weighted by Gasteiger charge is -2.29. The van der Waals surface area contributed by atoms with Gasteiger partial charge in [0.25, 0.3) is 0 Å². The number of hydrogen-bond acceptors (Lipinski definition) is 9. The van der Waals surface area contributed by atoms with E-state index < -0.39 is 15.8 Å². The molecular formula is C51H98O10S. The fraction of sp³-hybridized carbons (Fsp3) is 0.902. The first-order chi connectivity index (χ1) is 28.6. The molecule has 0 spiro atoms. The highest BCUT2D eigenvalue weighted by atomic mass is 32.2. The fourth-order valence-electron chi connectivity index (χ4n) is 6.68. The maximum atomic E-state index is 11.9. The van der Waals surface area contributed by atoms with Crippen LogP contribution in [0, 0.1) is 65.1 Å². The molecule has 0 aromatic carbocycles. The van der Waals surface area contributed by atoms with Crippen LogP contribution in [0.4, 0.5) is 0 Å². The second-order valence-electron chi connectivity index (χ2n) is 20.7. The van der Waals surface area contributed by atoms with Crippen LogP contribution in [-0.2, 0) is 43.3 Å². The lowest BCUT2D eigenvalue weighted by Crippen LogP contribution is -2.25. The van der Waals surface area contributed by atoms with E-state index in [4.69, 9.17) is 14.6 Å². The first-order valence-electron chi connectivity index (χ1n) is 24.3. The van der Waals surface area contributed by atoms with E-state index in [1.807, 2.05) is 55.4 Å². The number of Topliss-reactive ketones (excluding diaryl/α,β-unsaturated/α-hetero) is 4. The lowest BCUT2D eigenvalue weighted by atomic mass is 9.76. The Labute approximate surface area is 381 Å². The second kappa shape index (κ2) is 37.3. The third-order valence-corrected chi connectivity index (χ3v) is 12.9. The molecule has 1 aliphatic rings. The summed E-state index contributed by atoms with van der Waals surface area (Å²) in [6, 6.07) is 0. The van der Waals surface area contributed by atoms with Crippen molar-refractivity contribution in [3.63, 3.8) is 0 Å². The van der Waals surface area contributed by atoms with Crippen LogP contribution in [0.2, 0.25) is 0 Å². The minimum Gasteiger partial charge on any atom is -0.481 e. The molecular weight excluding hydrogens is 805 g/mol. The number of ether oxygens (including phenoxy) is 2. The van der Waals surface area contributed by atoms with Crippen LogP contribution in [0.25, 0.3) is 0 Å². The minimum atomic E-state index is -3.03. The van der Waals surface area contributed by atoms with Crippen molar-refractivity contribution in [1.82, 2.24) is 0 Å². The van der Waals surface area contributed by atoms with Crippen LogP contribution < -0.4 is 0 Å². The number of rotatable bonds is 29. The third kappa shape index (κ3) is 40.8. The van der Waals surface area contributed by atoms with Crippen LogP contribution in [0.3, 0.4) is 0 Å². The van der Waals surface area contributed by atoms with Gasteiger partial charge in [0.2, 0.25) is 0 Å². The molecule has 1 unspecified atom stereocenters. The zero-order chi connectivity index (χ0) is 48.6. The highest BCUT2D eigenvalue weighted by Gasteiger charge is 2.27. The Balaban J connectivity index is -0.000000750. The Morgan fingerprint density at radius 2 is 1.05 bits per heavy atom. The largest absolute Gasteiger partial charge is 0.481 e. The van der Waals surface area contributed by atoms with Gasteiger partial charge in [-0.2, -0.15) is 0 Å². The zero-order valence-electron chi connectivity index (χ0n) is 42.8. The Hall–Kier alpha value is -1.98. The molecule has 368 valence electrons. The molecule has 1 atom stereocenters. The maximum Gasteiger partial charge on any atom is 0.303 e. The van der Waals surface area contributed by atoms with Gasteiger partial charge in [-0.25, -0.2) is 8.42 Å². The number of sulfone groups is 1. The smallest absolute Gasteiger partial charge is 0.303 e. The Kier molecular flexibility index (Phi) is 38.6. The third-order valence-electron chi connectivity index (χ3n) is 10.9. The van der Waals surface area contributed by atoms with Crippen molar-refractivity contribution >= 4 is 38.9 Å². The van der Waals surface area contributed by atoms with Crippen molar-refractivity contribution in [1.29, 1.82) is 0 Å². The fourth-order valence-corrected chi connectivity index (χ4v) is 8.37. The summed E-state index contributed by atoms with van der Waals surface area (Å²) in [6.07, 6.45) is 12.4. The van der Waals surface area contributed by atoms with Crippen LogP contribution in [0.5, 0.6) is 0 Å². The van der Waals surface area contributed by atoms with Crippen molar-refractivity contribution in [2.45, 2.75) is 194 Å². The van der Waals surface area contributed by atoms with Gasteiger partial charge in [-0.3, -0.25) is 24.0 Å². The molecule has 0 radical (unpaired) electrons. The van der Waals surface area contributed by atoms with E-state index >= 15 is 0 Å². The molecule has 11 heteroatoms. The molecule has 62 heavy (non-hydrogen) atoms. The summed E-state index contributed by atoms with van der Waals surface area (Å²) in [5, 5.41) is 8.79. The topological polar surface area (TPSA) is 158 Å². The van der Waals surface area contributed by atoms with Crippen molar-refractivity contribution in [3.05, 3.63) is 0 Å². The first-order valence-corrected chi connectivity index (χ1v) is 26.1. The first kappa shape index (κ1) is 64.3. The Morgan fingerprint density at radius 3 is 1.48 bits per heavy atom. The van der Waals surface area contributed by atoms with Gasteiger partial charge >= 0.3 is 5.97 Å². The summed E-state index contributed by atoms with van der Waals surface area (Å²) in [7, 11) is -3.03. The number of carbonyl (C=O) groups is 5. The molecule has 0 aromatic heterocycles. The van der Waals surface area contributed by atoms with E-state index in [1.165, 1.54) is 32.1 Å². The molecule has 1 aliphatic carbocycles. The average molecular weight is 903 g/mol. The standard InChI is InChI=1S/C15H28O.C13H24O3.C13H26O3.C10H20O3S/c1-11(2)5-6-13-7-9-14(10-8-13)15(16)12(3)4;1-9(2)5-6-11(8-13(15)16)7-12(14)10(3)4;1-11(2)6-5-7-15-8-9-16-10-13(14)12(3)4;1-8(2)7-14(12,13)6-5-10(11)9(3)4/h11-14H,5-10H2,1-4H3;9-11H,5-8H2,1-4H3,(H,15,16);11-12H,5-10H2,1-4H3;8-9H,5-7H2,1-4H3. The molecule has 1 saturated carbocycles. The van der Waals surface area contributed by atoms with E-state index in [9.17, 15) is 32.4 Å². The van der Waals surface area contributed by atoms with Gasteiger partial charge in [-0.1, -0.05) is 130 Å². The zero-order valence-corrected chi connectivity index (χ0v) is 43.6. The van der Waals surface area contributed by atoms with Crippen LogP contribution >= 0.6 is 0 Å². The van der Waals surface area contributed by atoms with E-state index in [2.05, 4.69) is 41.5 Å². The maximum absolute atomic E-state index is 11.9. The monoisotopic (exact) mass is 903 g/mol. The summed E-state index contributed by atoms with van der Waals surface area (Å²) in [5.41, 5.74) is 0. The van der Waals surface area contributed by atoms with Gasteiger partial charge in [-0.05, 0) is 80.5 Å². The second-order valence-corrected chi connectivity index (χ2v) is 22.9. The van der Waals surface area contributed by atoms with Gasteiger partial charge in [0.05, 0.1) is 24.7 Å². The Morgan fingerprint density at radius 1 is 0.548 bits per heavy atom. The molecule has 10 nitrogen and oxygen atoms in total. The highest BCUT2D eigenvalue weighted by molar-refractivity contribution is 7.91. The van der Waals surface area contributed by atoms with Crippen LogP contribution in [0.15, 0.2) is 0 Å². The van der Waals surface area contributed by atoms with E-state index in [0.717, 1.165) is 56.5 Å². The van der Waals surface area contributed by atoms with Gasteiger partial charge in [0.1, 0.15) is 24.0 Å². The summed E-state index contributed by atoms with van der Waals surface area (Å²) < 4.78 is 33.4. The normalized spacial score (nSPS) is 15.9. The number of ketones is 4. The Bertz CT molecular complexity index is 1290. The summed E-state index contributed by atoms with van der Waals surface area (Å²) in [4.78, 5) is 56.5. The molecule has 0 heterocycles. The molecule has 1 fully saturated rings. The van der Waals surface area contributed by atoms with E-state index in [0.29, 0.717) is 37.3 Å². The number of hydrogen-bond donors (Lipinski definition) is 1. The number of aliphatic carboxylic acids is 1. The van der Waals surface area contributed by atoms with Crippen LogP contribution in [-0.4, -0.2) is 80.6 Å². The van der Waals surface area contributed by atoms with E-state index in [-0.39, 0.29) is 83.8 Å². The van der Waals surface area contributed by atoms with E-state index in [1.54, 1.807) is 13.8 Å². The SMILES string of the molecule is CC(C)CCC(CC(=O)O)CC(=O)C(C)C.CC(C)CCC1CCC(C(=O)C(C)C)CC1.CC(C)CCCOCCOCC(=O)C(C)C.CC(C)CS(=O)(=O)CCC(=O)C(C)C. The summed E-state index contributed by atoms with van der Waals surface area (Å²) >= 11 is 0. The number of carboxylic acid groups (broad SMARTS) is 1. The van der Waals surface area contributed by atoms with Gasteiger partial charge in [0.15, 0.2) is 15.6 Å². The molecule has 0 bridgehead atoms.